The molecule has 0 atom stereocenters. The number of amidine groups is 1. The molecule has 0 fully saturated rings. The van der Waals surface area contributed by atoms with Crippen LogP contribution in [0.5, 0.6) is 0 Å². The summed E-state index contributed by atoms with van der Waals surface area (Å²) in [4.78, 5) is 2.27. The average molecular weight is 279 g/mol. The van der Waals surface area contributed by atoms with Crippen LogP contribution < -0.4 is 5.73 Å². The smallest absolute Gasteiger partial charge is 0.128 e. The summed E-state index contributed by atoms with van der Waals surface area (Å²) in [7, 11) is 0. The van der Waals surface area contributed by atoms with Crippen molar-refractivity contribution in [2.75, 3.05) is 13.1 Å². The van der Waals surface area contributed by atoms with E-state index >= 15 is 0 Å². The minimum Gasteiger partial charge on any atom is -0.384 e. The monoisotopic (exact) mass is 279 g/mol. The van der Waals surface area contributed by atoms with Crippen LogP contribution in [0.25, 0.3) is 0 Å². The maximum atomic E-state index is 14.0. The normalized spacial score (nSPS) is 11.3. The van der Waals surface area contributed by atoms with E-state index in [4.69, 9.17) is 11.1 Å². The summed E-state index contributed by atoms with van der Waals surface area (Å²) in [6.45, 7) is 9.01. The SMILES string of the molecule is CCC(CC)CN(CC)Cc1ccc(C(=N)N)cc1F. The van der Waals surface area contributed by atoms with Gasteiger partial charge in [-0.25, -0.2) is 4.39 Å². The lowest BCUT2D eigenvalue weighted by molar-refractivity contribution is 0.223. The van der Waals surface area contributed by atoms with E-state index in [9.17, 15) is 4.39 Å². The molecule has 0 aliphatic rings. The Bertz CT molecular complexity index is 441. The molecule has 1 aromatic rings. The van der Waals surface area contributed by atoms with Gasteiger partial charge >= 0.3 is 0 Å². The van der Waals surface area contributed by atoms with Gasteiger partial charge in [0.05, 0.1) is 0 Å². The van der Waals surface area contributed by atoms with Gasteiger partial charge in [0.15, 0.2) is 0 Å². The highest BCUT2D eigenvalue weighted by molar-refractivity contribution is 5.94. The Morgan fingerprint density at radius 2 is 1.95 bits per heavy atom. The summed E-state index contributed by atoms with van der Waals surface area (Å²) < 4.78 is 14.0. The Labute approximate surface area is 121 Å². The van der Waals surface area contributed by atoms with Gasteiger partial charge in [-0.2, -0.15) is 0 Å². The van der Waals surface area contributed by atoms with Crippen LogP contribution in [-0.4, -0.2) is 23.8 Å². The third-order valence-electron chi connectivity index (χ3n) is 3.88. The van der Waals surface area contributed by atoms with Gasteiger partial charge in [0, 0.05) is 24.2 Å². The molecule has 1 aromatic carbocycles. The molecule has 0 saturated carbocycles. The molecule has 3 N–H and O–H groups in total. The number of rotatable bonds is 8. The molecule has 0 radical (unpaired) electrons. The Balaban J connectivity index is 2.77. The molecule has 0 heterocycles. The fourth-order valence-electron chi connectivity index (χ4n) is 2.30. The molecular weight excluding hydrogens is 253 g/mol. The second-order valence-electron chi connectivity index (χ2n) is 5.23. The minimum atomic E-state index is -0.277. The largest absolute Gasteiger partial charge is 0.384 e. The number of benzene rings is 1. The Kier molecular flexibility index (Phi) is 6.65. The molecule has 1 rings (SSSR count). The maximum absolute atomic E-state index is 14.0. The van der Waals surface area contributed by atoms with Gasteiger partial charge in [-0.3, -0.25) is 10.3 Å². The third kappa shape index (κ3) is 4.60. The van der Waals surface area contributed by atoms with E-state index in [0.29, 0.717) is 23.6 Å². The van der Waals surface area contributed by atoms with E-state index in [2.05, 4.69) is 25.7 Å². The van der Waals surface area contributed by atoms with Gasteiger partial charge in [-0.15, -0.1) is 0 Å². The van der Waals surface area contributed by atoms with Gasteiger partial charge < -0.3 is 5.73 Å². The number of nitrogens with two attached hydrogens (primary N) is 1. The van der Waals surface area contributed by atoms with Crippen molar-refractivity contribution in [1.82, 2.24) is 4.90 Å². The highest BCUT2D eigenvalue weighted by Gasteiger charge is 2.13. The fraction of sp³-hybridized carbons (Fsp3) is 0.562. The number of nitrogens with zero attached hydrogens (tertiary/aromatic N) is 1. The lowest BCUT2D eigenvalue weighted by atomic mass is 10.0. The van der Waals surface area contributed by atoms with Crippen LogP contribution in [0.3, 0.4) is 0 Å². The zero-order valence-corrected chi connectivity index (χ0v) is 12.7. The lowest BCUT2D eigenvalue weighted by Gasteiger charge is -2.25. The molecule has 20 heavy (non-hydrogen) atoms. The Morgan fingerprint density at radius 3 is 2.40 bits per heavy atom. The molecule has 0 aliphatic heterocycles. The Morgan fingerprint density at radius 1 is 1.30 bits per heavy atom. The van der Waals surface area contributed by atoms with E-state index in [-0.39, 0.29) is 11.7 Å². The summed E-state index contributed by atoms with van der Waals surface area (Å²) in [5.41, 5.74) is 6.48. The molecule has 0 spiro atoms. The molecule has 4 heteroatoms. The third-order valence-corrected chi connectivity index (χ3v) is 3.88. The fourth-order valence-corrected chi connectivity index (χ4v) is 2.30. The molecule has 0 bridgehead atoms. The van der Waals surface area contributed by atoms with Crippen molar-refractivity contribution in [1.29, 1.82) is 5.41 Å². The number of nitrogen functional groups attached to an aromatic ring is 1. The zero-order chi connectivity index (χ0) is 15.1. The van der Waals surface area contributed by atoms with E-state index in [1.165, 1.54) is 6.07 Å². The van der Waals surface area contributed by atoms with Crippen molar-refractivity contribution in [3.63, 3.8) is 0 Å². The summed E-state index contributed by atoms with van der Waals surface area (Å²) in [5, 5.41) is 7.32. The van der Waals surface area contributed by atoms with Gasteiger partial charge in [0.1, 0.15) is 11.7 Å². The topological polar surface area (TPSA) is 53.1 Å². The van der Waals surface area contributed by atoms with Crippen LogP contribution in [0.2, 0.25) is 0 Å². The molecule has 0 unspecified atom stereocenters. The van der Waals surface area contributed by atoms with Crippen LogP contribution in [0, 0.1) is 17.1 Å². The standard InChI is InChI=1S/C16H26FN3/c1-4-12(5-2)10-20(6-3)11-14-8-7-13(16(18)19)9-15(14)17/h7-9,12H,4-6,10-11H2,1-3H3,(H3,18,19). The molecule has 0 amide bonds. The van der Waals surface area contributed by atoms with Crippen molar-refractivity contribution in [3.8, 4) is 0 Å². The second-order valence-corrected chi connectivity index (χ2v) is 5.23. The first-order valence-electron chi connectivity index (χ1n) is 7.36. The van der Waals surface area contributed by atoms with Gasteiger partial charge in [0.25, 0.3) is 0 Å². The van der Waals surface area contributed by atoms with Crippen LogP contribution in [0.15, 0.2) is 18.2 Å². The number of nitrogens with one attached hydrogen (secondary N) is 1. The predicted octanol–water partition coefficient (Wildman–Crippen LogP) is 3.37. The van der Waals surface area contributed by atoms with Gasteiger partial charge in [-0.05, 0) is 18.5 Å². The molecular formula is C16H26FN3. The molecule has 0 saturated heterocycles. The summed E-state index contributed by atoms with van der Waals surface area (Å²) in [6, 6.07) is 4.80. The summed E-state index contributed by atoms with van der Waals surface area (Å²) in [6.07, 6.45) is 2.30. The summed E-state index contributed by atoms with van der Waals surface area (Å²) >= 11 is 0. The lowest BCUT2D eigenvalue weighted by Crippen LogP contribution is -2.29. The minimum absolute atomic E-state index is 0.0974. The van der Waals surface area contributed by atoms with Gasteiger partial charge in [-0.1, -0.05) is 45.7 Å². The van der Waals surface area contributed by atoms with Crippen molar-refractivity contribution in [3.05, 3.63) is 35.1 Å². The van der Waals surface area contributed by atoms with Crippen LogP contribution in [0.1, 0.15) is 44.7 Å². The highest BCUT2D eigenvalue weighted by Crippen LogP contribution is 2.16. The summed E-state index contributed by atoms with van der Waals surface area (Å²) in [5.74, 6) is 0.287. The van der Waals surface area contributed by atoms with E-state index in [1.807, 2.05) is 0 Å². The number of hydrogen-bond acceptors (Lipinski definition) is 2. The second kappa shape index (κ2) is 8.00. The van der Waals surface area contributed by atoms with E-state index < -0.39 is 0 Å². The first kappa shape index (κ1) is 16.6. The van der Waals surface area contributed by atoms with Crippen molar-refractivity contribution >= 4 is 5.84 Å². The zero-order valence-electron chi connectivity index (χ0n) is 12.7. The average Bonchev–Trinajstić information content (AvgIpc) is 2.44. The highest BCUT2D eigenvalue weighted by atomic mass is 19.1. The molecule has 0 aromatic heterocycles. The number of halogens is 1. The van der Waals surface area contributed by atoms with Crippen molar-refractivity contribution < 1.29 is 4.39 Å². The first-order valence-corrected chi connectivity index (χ1v) is 7.36. The van der Waals surface area contributed by atoms with Crippen LogP contribution in [0.4, 0.5) is 4.39 Å². The number of hydrogen-bond donors (Lipinski definition) is 2. The predicted molar refractivity (Wildman–Crippen MR) is 82.4 cm³/mol. The maximum Gasteiger partial charge on any atom is 0.128 e. The Hall–Kier alpha value is -1.42. The molecule has 3 nitrogen and oxygen atoms in total. The first-order chi connectivity index (χ1) is 9.51. The van der Waals surface area contributed by atoms with E-state index in [1.54, 1.807) is 12.1 Å². The molecule has 112 valence electrons. The molecule has 0 aliphatic carbocycles. The quantitative estimate of drug-likeness (QED) is 0.566. The van der Waals surface area contributed by atoms with Crippen LogP contribution >= 0.6 is 0 Å². The van der Waals surface area contributed by atoms with E-state index in [0.717, 1.165) is 25.9 Å². The van der Waals surface area contributed by atoms with Crippen molar-refractivity contribution in [2.24, 2.45) is 11.7 Å². The van der Waals surface area contributed by atoms with Crippen LogP contribution in [-0.2, 0) is 6.54 Å². The van der Waals surface area contributed by atoms with Gasteiger partial charge in [0.2, 0.25) is 0 Å². The van der Waals surface area contributed by atoms with Crippen molar-refractivity contribution in [2.45, 2.75) is 40.2 Å².